The van der Waals surface area contributed by atoms with Crippen LogP contribution in [0.5, 0.6) is 0 Å². The smallest absolute Gasteiger partial charge is 0.262 e. The molecule has 0 spiro atoms. The molecule has 0 unspecified atom stereocenters. The number of fused-ring (bicyclic) bond motifs is 1. The third-order valence-electron chi connectivity index (χ3n) is 4.50. The topological polar surface area (TPSA) is 66.5 Å². The average molecular weight is 370 g/mol. The number of rotatable bonds is 6. The molecule has 0 aliphatic carbocycles. The normalized spacial score (nSPS) is 15.9. The second kappa shape index (κ2) is 7.41. The lowest BCUT2D eigenvalue weighted by Crippen LogP contribution is -2.48. The van der Waals surface area contributed by atoms with Gasteiger partial charge in [0.1, 0.15) is 6.04 Å². The fourth-order valence-electron chi connectivity index (χ4n) is 3.18. The van der Waals surface area contributed by atoms with E-state index in [4.69, 9.17) is 0 Å². The maximum Gasteiger partial charge on any atom is 0.262 e. The highest BCUT2D eigenvalue weighted by molar-refractivity contribution is 7.10. The van der Waals surface area contributed by atoms with Crippen LogP contribution in [0.2, 0.25) is 0 Å². The average Bonchev–Trinajstić information content (AvgIpc) is 3.22. The summed E-state index contributed by atoms with van der Waals surface area (Å²) < 4.78 is 0. The quantitative estimate of drug-likeness (QED) is 0.790. The number of nitrogens with zero attached hydrogens (tertiary/aromatic N) is 1. The molecule has 2 atom stereocenters. The molecule has 0 radical (unpaired) electrons. The monoisotopic (exact) mass is 370 g/mol. The SMILES string of the molecule is CC(C)C[C@H](NC(=O)[C@H](C)N1C(=O)c2ccccc2C1=O)c1cccs1. The Bertz CT molecular complexity index is 794. The molecule has 0 saturated heterocycles. The molecule has 0 fully saturated rings. The van der Waals surface area contributed by atoms with E-state index in [-0.39, 0.29) is 11.9 Å². The van der Waals surface area contributed by atoms with Gasteiger partial charge >= 0.3 is 0 Å². The first-order valence-corrected chi connectivity index (χ1v) is 9.58. The van der Waals surface area contributed by atoms with Crippen molar-refractivity contribution in [2.75, 3.05) is 0 Å². The van der Waals surface area contributed by atoms with Crippen molar-refractivity contribution in [1.29, 1.82) is 0 Å². The van der Waals surface area contributed by atoms with E-state index in [0.29, 0.717) is 17.0 Å². The molecule has 0 bridgehead atoms. The molecule has 3 amide bonds. The van der Waals surface area contributed by atoms with Gasteiger partial charge in [-0.05, 0) is 42.8 Å². The summed E-state index contributed by atoms with van der Waals surface area (Å²) in [6.45, 7) is 5.79. The summed E-state index contributed by atoms with van der Waals surface area (Å²) in [5.41, 5.74) is 0.711. The fraction of sp³-hybridized carbons (Fsp3) is 0.350. The van der Waals surface area contributed by atoms with Gasteiger partial charge in [0, 0.05) is 4.88 Å². The molecule has 5 nitrogen and oxygen atoms in total. The van der Waals surface area contributed by atoms with Crippen LogP contribution in [0.4, 0.5) is 0 Å². The van der Waals surface area contributed by atoms with E-state index in [1.165, 1.54) is 0 Å². The number of amides is 3. The zero-order valence-corrected chi connectivity index (χ0v) is 15.9. The highest BCUT2D eigenvalue weighted by Crippen LogP contribution is 2.27. The first-order valence-electron chi connectivity index (χ1n) is 8.70. The van der Waals surface area contributed by atoms with Crippen molar-refractivity contribution in [3.8, 4) is 0 Å². The van der Waals surface area contributed by atoms with E-state index in [2.05, 4.69) is 19.2 Å². The molecule has 0 saturated carbocycles. The molecule has 6 heteroatoms. The van der Waals surface area contributed by atoms with Gasteiger partial charge in [-0.15, -0.1) is 11.3 Å². The van der Waals surface area contributed by atoms with E-state index in [0.717, 1.165) is 16.2 Å². The van der Waals surface area contributed by atoms with Gasteiger partial charge in [-0.2, -0.15) is 0 Å². The molecule has 3 rings (SSSR count). The Kier molecular flexibility index (Phi) is 5.23. The first kappa shape index (κ1) is 18.3. The number of carbonyl (C=O) groups is 3. The summed E-state index contributed by atoms with van der Waals surface area (Å²) in [6.07, 6.45) is 0.793. The molecule has 26 heavy (non-hydrogen) atoms. The van der Waals surface area contributed by atoms with Crippen LogP contribution in [-0.2, 0) is 4.79 Å². The van der Waals surface area contributed by atoms with Crippen LogP contribution in [-0.4, -0.2) is 28.7 Å². The Morgan fingerprint density at radius 3 is 2.15 bits per heavy atom. The van der Waals surface area contributed by atoms with Gasteiger partial charge in [0.2, 0.25) is 5.91 Å². The van der Waals surface area contributed by atoms with Gasteiger partial charge in [-0.25, -0.2) is 0 Å². The van der Waals surface area contributed by atoms with Gasteiger partial charge in [0.15, 0.2) is 0 Å². The molecular weight excluding hydrogens is 348 g/mol. The number of carbonyl (C=O) groups excluding carboxylic acids is 3. The molecule has 1 aromatic carbocycles. The van der Waals surface area contributed by atoms with Crippen LogP contribution < -0.4 is 5.32 Å². The number of nitrogens with one attached hydrogen (secondary N) is 1. The zero-order valence-electron chi connectivity index (χ0n) is 15.1. The van der Waals surface area contributed by atoms with Crippen LogP contribution in [0.25, 0.3) is 0 Å². The Balaban J connectivity index is 1.77. The number of benzene rings is 1. The minimum Gasteiger partial charge on any atom is -0.347 e. The molecule has 1 aromatic heterocycles. The van der Waals surface area contributed by atoms with E-state index >= 15 is 0 Å². The summed E-state index contributed by atoms with van der Waals surface area (Å²) >= 11 is 1.59. The molecule has 2 heterocycles. The van der Waals surface area contributed by atoms with Crippen molar-refractivity contribution in [2.45, 2.75) is 39.3 Å². The lowest BCUT2D eigenvalue weighted by Gasteiger charge is -2.25. The van der Waals surface area contributed by atoms with Crippen molar-refractivity contribution < 1.29 is 14.4 Å². The van der Waals surface area contributed by atoms with E-state index in [9.17, 15) is 14.4 Å². The van der Waals surface area contributed by atoms with E-state index in [1.54, 1.807) is 42.5 Å². The Labute approximate surface area is 157 Å². The number of hydrogen-bond donors (Lipinski definition) is 1. The van der Waals surface area contributed by atoms with Crippen LogP contribution in [0.1, 0.15) is 58.8 Å². The summed E-state index contributed by atoms with van der Waals surface area (Å²) in [7, 11) is 0. The largest absolute Gasteiger partial charge is 0.347 e. The fourth-order valence-corrected chi connectivity index (χ4v) is 3.97. The van der Waals surface area contributed by atoms with Gasteiger partial charge in [0.05, 0.1) is 17.2 Å². The van der Waals surface area contributed by atoms with Gasteiger partial charge in [-0.1, -0.05) is 32.0 Å². The van der Waals surface area contributed by atoms with E-state index < -0.39 is 17.9 Å². The lowest BCUT2D eigenvalue weighted by atomic mass is 10.0. The zero-order chi connectivity index (χ0) is 18.8. The summed E-state index contributed by atoms with van der Waals surface area (Å²) in [5.74, 6) is -0.745. The minimum absolute atomic E-state index is 0.125. The predicted octanol–water partition coefficient (Wildman–Crippen LogP) is 3.64. The van der Waals surface area contributed by atoms with Crippen molar-refractivity contribution in [1.82, 2.24) is 10.2 Å². The standard InChI is InChI=1S/C20H22N2O3S/c1-12(2)11-16(17-9-6-10-26-17)21-18(23)13(3)22-19(24)14-7-4-5-8-15(14)20(22)25/h4-10,12-13,16H,11H2,1-3H3,(H,21,23)/t13-,16-/m0/s1. The van der Waals surface area contributed by atoms with Crippen LogP contribution in [0.3, 0.4) is 0 Å². The van der Waals surface area contributed by atoms with E-state index in [1.807, 2.05) is 17.5 Å². The Hall–Kier alpha value is -2.47. The third-order valence-corrected chi connectivity index (χ3v) is 5.49. The first-order chi connectivity index (χ1) is 12.4. The maximum atomic E-state index is 12.8. The Morgan fingerprint density at radius 2 is 1.65 bits per heavy atom. The third kappa shape index (κ3) is 3.42. The van der Waals surface area contributed by atoms with Gasteiger partial charge < -0.3 is 5.32 Å². The molecular formula is C20H22N2O3S. The van der Waals surface area contributed by atoms with Crippen LogP contribution in [0, 0.1) is 5.92 Å². The molecule has 2 aromatic rings. The summed E-state index contributed by atoms with van der Waals surface area (Å²) in [6, 6.07) is 9.62. The second-order valence-electron chi connectivity index (χ2n) is 6.91. The molecule has 1 N–H and O–H groups in total. The van der Waals surface area contributed by atoms with Crippen molar-refractivity contribution >= 4 is 29.1 Å². The van der Waals surface area contributed by atoms with Gasteiger partial charge in [-0.3, -0.25) is 19.3 Å². The predicted molar refractivity (Wildman–Crippen MR) is 101 cm³/mol. The van der Waals surface area contributed by atoms with Crippen molar-refractivity contribution in [2.24, 2.45) is 5.92 Å². The van der Waals surface area contributed by atoms with Gasteiger partial charge in [0.25, 0.3) is 11.8 Å². The summed E-state index contributed by atoms with van der Waals surface area (Å²) in [4.78, 5) is 40.1. The minimum atomic E-state index is -0.864. The van der Waals surface area contributed by atoms with Crippen molar-refractivity contribution in [3.05, 3.63) is 57.8 Å². The number of hydrogen-bond acceptors (Lipinski definition) is 4. The number of thiophene rings is 1. The van der Waals surface area contributed by atoms with Crippen molar-refractivity contribution in [3.63, 3.8) is 0 Å². The molecule has 1 aliphatic heterocycles. The highest BCUT2D eigenvalue weighted by Gasteiger charge is 2.41. The van der Waals surface area contributed by atoms with Crippen LogP contribution in [0.15, 0.2) is 41.8 Å². The maximum absolute atomic E-state index is 12.8. The molecule has 1 aliphatic rings. The lowest BCUT2D eigenvalue weighted by molar-refractivity contribution is -0.125. The molecule has 136 valence electrons. The van der Waals surface area contributed by atoms with Crippen LogP contribution >= 0.6 is 11.3 Å². The second-order valence-corrected chi connectivity index (χ2v) is 7.89. The number of imide groups is 1. The summed E-state index contributed by atoms with van der Waals surface area (Å²) in [5, 5.41) is 5.00. The highest BCUT2D eigenvalue weighted by atomic mass is 32.1. The Morgan fingerprint density at radius 1 is 1.04 bits per heavy atom.